The van der Waals surface area contributed by atoms with E-state index in [1.165, 1.54) is 0 Å². The van der Waals surface area contributed by atoms with Gasteiger partial charge in [-0.2, -0.15) is 0 Å². The topological polar surface area (TPSA) is 63.2 Å². The molecule has 1 amide bonds. The van der Waals surface area contributed by atoms with Crippen molar-refractivity contribution in [2.24, 2.45) is 0 Å². The molecule has 1 heterocycles. The minimum Gasteiger partial charge on any atom is -0.324 e. The SMILES string of the molecule is Cc1cc2c(cc1C)S(=O)(=O)CC(=O)N2. The van der Waals surface area contributed by atoms with Gasteiger partial charge in [0.25, 0.3) is 0 Å². The third-order valence-electron chi connectivity index (χ3n) is 2.53. The summed E-state index contributed by atoms with van der Waals surface area (Å²) in [4.78, 5) is 11.4. The van der Waals surface area contributed by atoms with E-state index in [1.807, 2.05) is 13.8 Å². The molecular weight excluding hydrogens is 214 g/mol. The van der Waals surface area contributed by atoms with Crippen molar-refractivity contribution in [3.8, 4) is 0 Å². The lowest BCUT2D eigenvalue weighted by Crippen LogP contribution is -2.29. The Balaban J connectivity index is 2.74. The number of benzene rings is 1. The predicted molar refractivity (Wildman–Crippen MR) is 56.6 cm³/mol. The van der Waals surface area contributed by atoms with Gasteiger partial charge in [0.1, 0.15) is 5.75 Å². The van der Waals surface area contributed by atoms with Crippen molar-refractivity contribution in [1.82, 2.24) is 0 Å². The van der Waals surface area contributed by atoms with Crippen molar-refractivity contribution in [3.63, 3.8) is 0 Å². The Morgan fingerprint density at radius 3 is 2.47 bits per heavy atom. The van der Waals surface area contributed by atoms with Gasteiger partial charge in [-0.3, -0.25) is 4.79 Å². The summed E-state index contributed by atoms with van der Waals surface area (Å²) in [5.74, 6) is -0.923. The van der Waals surface area contributed by atoms with Crippen molar-refractivity contribution in [1.29, 1.82) is 0 Å². The number of anilines is 1. The highest BCUT2D eigenvalue weighted by Gasteiger charge is 2.28. The summed E-state index contributed by atoms with van der Waals surface area (Å²) in [7, 11) is -3.44. The molecule has 0 aliphatic carbocycles. The van der Waals surface area contributed by atoms with Crippen molar-refractivity contribution < 1.29 is 13.2 Å². The van der Waals surface area contributed by atoms with Gasteiger partial charge in [0, 0.05) is 0 Å². The van der Waals surface area contributed by atoms with Gasteiger partial charge in [0.15, 0.2) is 9.84 Å². The van der Waals surface area contributed by atoms with Crippen molar-refractivity contribution >= 4 is 21.4 Å². The molecule has 0 saturated heterocycles. The molecule has 0 bridgehead atoms. The first-order valence-corrected chi connectivity index (χ1v) is 6.19. The van der Waals surface area contributed by atoms with Crippen LogP contribution in [0.25, 0.3) is 0 Å². The average molecular weight is 225 g/mol. The van der Waals surface area contributed by atoms with Crippen LogP contribution in [-0.4, -0.2) is 20.1 Å². The highest BCUT2D eigenvalue weighted by molar-refractivity contribution is 7.92. The molecular formula is C10H11NO3S. The van der Waals surface area contributed by atoms with Gasteiger partial charge in [0.2, 0.25) is 5.91 Å². The third kappa shape index (κ3) is 1.63. The van der Waals surface area contributed by atoms with E-state index in [4.69, 9.17) is 0 Å². The number of carbonyl (C=O) groups is 1. The van der Waals surface area contributed by atoms with E-state index in [2.05, 4.69) is 5.32 Å². The van der Waals surface area contributed by atoms with Gasteiger partial charge >= 0.3 is 0 Å². The molecule has 5 heteroatoms. The summed E-state index contributed by atoms with van der Waals surface area (Å²) < 4.78 is 23.4. The van der Waals surface area contributed by atoms with E-state index in [0.717, 1.165) is 11.1 Å². The molecule has 1 aromatic carbocycles. The summed E-state index contributed by atoms with van der Waals surface area (Å²) in [6.07, 6.45) is 0. The minimum atomic E-state index is -3.44. The Hall–Kier alpha value is -1.36. The number of carbonyl (C=O) groups excluding carboxylic acids is 1. The van der Waals surface area contributed by atoms with Crippen molar-refractivity contribution in [2.75, 3.05) is 11.1 Å². The molecule has 0 fully saturated rings. The van der Waals surface area contributed by atoms with E-state index < -0.39 is 21.5 Å². The molecule has 0 spiro atoms. The lowest BCUT2D eigenvalue weighted by Gasteiger charge is -2.18. The molecule has 0 saturated carbocycles. The highest BCUT2D eigenvalue weighted by Crippen LogP contribution is 2.29. The standard InChI is InChI=1S/C10H11NO3S/c1-6-3-8-9(4-7(6)2)15(13,14)5-10(12)11-8/h3-4H,5H2,1-2H3,(H,11,12). The molecule has 2 rings (SSSR count). The number of rotatable bonds is 0. The van der Waals surface area contributed by atoms with Crippen LogP contribution >= 0.6 is 0 Å². The Bertz CT molecular complexity index is 546. The second kappa shape index (κ2) is 3.06. The summed E-state index contributed by atoms with van der Waals surface area (Å²) in [5, 5.41) is 2.57. The van der Waals surface area contributed by atoms with Crippen LogP contribution in [0.5, 0.6) is 0 Å². The second-order valence-electron chi connectivity index (χ2n) is 3.74. The monoisotopic (exact) mass is 225 g/mol. The lowest BCUT2D eigenvalue weighted by molar-refractivity contribution is -0.114. The third-order valence-corrected chi connectivity index (χ3v) is 4.18. The fourth-order valence-corrected chi connectivity index (χ4v) is 2.96. The van der Waals surface area contributed by atoms with E-state index in [0.29, 0.717) is 5.69 Å². The fourth-order valence-electron chi connectivity index (χ4n) is 1.58. The molecule has 80 valence electrons. The van der Waals surface area contributed by atoms with Gasteiger partial charge < -0.3 is 5.32 Å². The molecule has 1 aromatic rings. The molecule has 0 atom stereocenters. The number of nitrogens with one attached hydrogen (secondary N) is 1. The van der Waals surface area contributed by atoms with Crippen LogP contribution < -0.4 is 5.32 Å². The number of hydrogen-bond donors (Lipinski definition) is 1. The summed E-state index contributed by atoms with van der Waals surface area (Å²) >= 11 is 0. The van der Waals surface area contributed by atoms with Gasteiger partial charge in [-0.15, -0.1) is 0 Å². The predicted octanol–water partition coefficient (Wildman–Crippen LogP) is 1.03. The number of fused-ring (bicyclic) bond motifs is 1. The van der Waals surface area contributed by atoms with E-state index in [1.54, 1.807) is 12.1 Å². The van der Waals surface area contributed by atoms with Crippen molar-refractivity contribution in [3.05, 3.63) is 23.3 Å². The Labute approximate surface area is 88.2 Å². The summed E-state index contributed by atoms with van der Waals surface area (Å²) in [6.45, 7) is 3.73. The molecule has 0 radical (unpaired) electrons. The molecule has 0 aromatic heterocycles. The van der Waals surface area contributed by atoms with Crippen molar-refractivity contribution in [2.45, 2.75) is 18.7 Å². The first-order valence-electron chi connectivity index (χ1n) is 4.54. The Morgan fingerprint density at radius 2 is 1.80 bits per heavy atom. The number of aryl methyl sites for hydroxylation is 2. The highest BCUT2D eigenvalue weighted by atomic mass is 32.2. The average Bonchev–Trinajstić information content (AvgIpc) is 2.07. The summed E-state index contributed by atoms with van der Waals surface area (Å²) in [6, 6.07) is 3.30. The van der Waals surface area contributed by atoms with Gasteiger partial charge in [0.05, 0.1) is 10.6 Å². The van der Waals surface area contributed by atoms with Crippen LogP contribution in [0.15, 0.2) is 17.0 Å². The summed E-state index contributed by atoms with van der Waals surface area (Å²) in [5.41, 5.74) is 2.27. The van der Waals surface area contributed by atoms with Gasteiger partial charge in [-0.05, 0) is 37.1 Å². The van der Waals surface area contributed by atoms with Crippen LogP contribution in [0.4, 0.5) is 5.69 Å². The molecule has 15 heavy (non-hydrogen) atoms. The second-order valence-corrected chi connectivity index (χ2v) is 5.70. The zero-order valence-corrected chi connectivity index (χ0v) is 9.31. The van der Waals surface area contributed by atoms with E-state index in [-0.39, 0.29) is 4.90 Å². The number of hydrogen-bond acceptors (Lipinski definition) is 3. The zero-order chi connectivity index (χ0) is 11.2. The Morgan fingerprint density at radius 1 is 1.20 bits per heavy atom. The van der Waals surface area contributed by atoms with Crippen LogP contribution in [0.3, 0.4) is 0 Å². The number of sulfone groups is 1. The fraction of sp³-hybridized carbons (Fsp3) is 0.300. The van der Waals surface area contributed by atoms with Crippen LogP contribution in [0.1, 0.15) is 11.1 Å². The Kier molecular flexibility index (Phi) is 2.08. The van der Waals surface area contributed by atoms with Crippen LogP contribution in [0.2, 0.25) is 0 Å². The van der Waals surface area contributed by atoms with Gasteiger partial charge in [-0.1, -0.05) is 0 Å². The first-order chi connectivity index (χ1) is 6.90. The quantitative estimate of drug-likeness (QED) is 0.717. The van der Waals surface area contributed by atoms with Crippen LogP contribution in [-0.2, 0) is 14.6 Å². The smallest absolute Gasteiger partial charge is 0.239 e. The molecule has 4 nitrogen and oxygen atoms in total. The zero-order valence-electron chi connectivity index (χ0n) is 8.49. The van der Waals surface area contributed by atoms with Crippen LogP contribution in [0, 0.1) is 13.8 Å². The number of amides is 1. The normalized spacial score (nSPS) is 18.1. The molecule has 1 aliphatic rings. The molecule has 1 N–H and O–H groups in total. The molecule has 0 unspecified atom stereocenters. The maximum absolute atomic E-state index is 11.7. The molecule has 1 aliphatic heterocycles. The van der Waals surface area contributed by atoms with E-state index in [9.17, 15) is 13.2 Å². The lowest BCUT2D eigenvalue weighted by atomic mass is 10.1. The largest absolute Gasteiger partial charge is 0.324 e. The maximum atomic E-state index is 11.7. The van der Waals surface area contributed by atoms with E-state index >= 15 is 0 Å². The van der Waals surface area contributed by atoms with Gasteiger partial charge in [-0.25, -0.2) is 8.42 Å². The minimum absolute atomic E-state index is 0.227. The first kappa shape index (κ1) is 10.2. The maximum Gasteiger partial charge on any atom is 0.239 e.